The number of rotatable bonds is 4. The molecule has 2 N–H and O–H groups in total. The summed E-state index contributed by atoms with van der Waals surface area (Å²) in [5.74, 6) is -1.76. The number of benzene rings is 2. The summed E-state index contributed by atoms with van der Waals surface area (Å²) in [5.41, 5.74) is 1.86. The third-order valence-electron chi connectivity index (χ3n) is 3.39. The van der Waals surface area contributed by atoms with E-state index in [0.717, 1.165) is 23.4 Å². The number of aromatic nitrogens is 2. The van der Waals surface area contributed by atoms with Crippen molar-refractivity contribution in [3.05, 3.63) is 77.8 Å². The van der Waals surface area contributed by atoms with Gasteiger partial charge in [-0.25, -0.2) is 18.7 Å². The summed E-state index contributed by atoms with van der Waals surface area (Å²) in [4.78, 5) is 20.2. The van der Waals surface area contributed by atoms with Gasteiger partial charge in [0, 0.05) is 11.8 Å². The number of nitrogens with zero attached hydrogens (tertiary/aromatic N) is 2. The fourth-order valence-corrected chi connectivity index (χ4v) is 2.07. The Labute approximate surface area is 142 Å². The van der Waals surface area contributed by atoms with Gasteiger partial charge in [0.25, 0.3) is 5.91 Å². The second-order valence-electron chi connectivity index (χ2n) is 5.36. The molecule has 0 unspecified atom stereocenters. The van der Waals surface area contributed by atoms with Crippen LogP contribution in [0.3, 0.4) is 0 Å². The number of aryl methyl sites for hydroxylation is 1. The SMILES string of the molecule is Cc1ccc(Nc2cnc(C(=O)Nc3ccc(F)cc3F)cn2)cc1. The molecule has 2 aromatic carbocycles. The number of halogens is 2. The van der Waals surface area contributed by atoms with Gasteiger partial charge < -0.3 is 10.6 Å². The van der Waals surface area contributed by atoms with Crippen molar-refractivity contribution < 1.29 is 13.6 Å². The van der Waals surface area contributed by atoms with Crippen molar-refractivity contribution in [1.82, 2.24) is 9.97 Å². The molecule has 1 amide bonds. The molecular formula is C18H14F2N4O. The van der Waals surface area contributed by atoms with Crippen LogP contribution in [0.15, 0.2) is 54.9 Å². The molecule has 0 saturated heterocycles. The van der Waals surface area contributed by atoms with Crippen molar-refractivity contribution >= 4 is 23.1 Å². The zero-order chi connectivity index (χ0) is 17.8. The van der Waals surface area contributed by atoms with Crippen molar-refractivity contribution in [3.63, 3.8) is 0 Å². The highest BCUT2D eigenvalue weighted by Gasteiger charge is 2.12. The summed E-state index contributed by atoms with van der Waals surface area (Å²) >= 11 is 0. The van der Waals surface area contributed by atoms with E-state index >= 15 is 0 Å². The zero-order valence-electron chi connectivity index (χ0n) is 13.3. The first kappa shape index (κ1) is 16.5. The Morgan fingerprint density at radius 2 is 1.76 bits per heavy atom. The van der Waals surface area contributed by atoms with Gasteiger partial charge in [-0.3, -0.25) is 4.79 Å². The van der Waals surface area contributed by atoms with Crippen LogP contribution in [0.25, 0.3) is 0 Å². The molecule has 0 aliphatic carbocycles. The summed E-state index contributed by atoms with van der Waals surface area (Å²) in [6.07, 6.45) is 2.67. The Hall–Kier alpha value is -3.35. The van der Waals surface area contributed by atoms with Crippen molar-refractivity contribution in [2.24, 2.45) is 0 Å². The summed E-state index contributed by atoms with van der Waals surface area (Å²) in [7, 11) is 0. The molecule has 0 spiro atoms. The first-order valence-corrected chi connectivity index (χ1v) is 7.43. The second-order valence-corrected chi connectivity index (χ2v) is 5.36. The lowest BCUT2D eigenvalue weighted by Gasteiger charge is -2.08. The number of anilines is 3. The molecule has 0 radical (unpaired) electrons. The molecule has 0 bridgehead atoms. The Morgan fingerprint density at radius 3 is 2.40 bits per heavy atom. The van der Waals surface area contributed by atoms with Gasteiger partial charge in [-0.2, -0.15) is 0 Å². The average molecular weight is 340 g/mol. The summed E-state index contributed by atoms with van der Waals surface area (Å²) < 4.78 is 26.4. The fraction of sp³-hybridized carbons (Fsp3) is 0.0556. The summed E-state index contributed by atoms with van der Waals surface area (Å²) in [6, 6.07) is 10.6. The molecule has 0 aliphatic heterocycles. The van der Waals surface area contributed by atoms with E-state index in [1.54, 1.807) is 0 Å². The Morgan fingerprint density at radius 1 is 1.00 bits per heavy atom. The molecule has 25 heavy (non-hydrogen) atoms. The first-order valence-electron chi connectivity index (χ1n) is 7.43. The van der Waals surface area contributed by atoms with Crippen LogP contribution in [0.5, 0.6) is 0 Å². The number of amides is 1. The number of nitrogens with one attached hydrogen (secondary N) is 2. The Bertz CT molecular complexity index is 896. The van der Waals surface area contributed by atoms with Gasteiger partial charge in [-0.1, -0.05) is 17.7 Å². The van der Waals surface area contributed by atoms with E-state index in [1.165, 1.54) is 12.4 Å². The lowest BCUT2D eigenvalue weighted by atomic mass is 10.2. The Kier molecular flexibility index (Phi) is 4.65. The molecule has 3 rings (SSSR count). The first-order chi connectivity index (χ1) is 12.0. The van der Waals surface area contributed by atoms with Crippen LogP contribution in [0.1, 0.15) is 16.1 Å². The Balaban J connectivity index is 1.68. The summed E-state index contributed by atoms with van der Waals surface area (Å²) in [5, 5.41) is 5.38. The van der Waals surface area contributed by atoms with E-state index in [9.17, 15) is 13.6 Å². The van der Waals surface area contributed by atoms with Crippen molar-refractivity contribution in [2.45, 2.75) is 6.92 Å². The van der Waals surface area contributed by atoms with E-state index in [1.807, 2.05) is 31.2 Å². The lowest BCUT2D eigenvalue weighted by Crippen LogP contribution is -2.15. The van der Waals surface area contributed by atoms with Gasteiger partial charge in [-0.05, 0) is 31.2 Å². The van der Waals surface area contributed by atoms with Crippen LogP contribution in [0.4, 0.5) is 26.0 Å². The van der Waals surface area contributed by atoms with Crippen LogP contribution >= 0.6 is 0 Å². The van der Waals surface area contributed by atoms with Crippen molar-refractivity contribution in [3.8, 4) is 0 Å². The standard InChI is InChI=1S/C18H14F2N4O/c1-11-2-5-13(6-3-11)23-17-10-21-16(9-22-17)18(25)24-15-7-4-12(19)8-14(15)20/h2-10H,1H3,(H,22,23)(H,24,25). The normalized spacial score (nSPS) is 10.4. The largest absolute Gasteiger partial charge is 0.339 e. The maximum absolute atomic E-state index is 13.6. The van der Waals surface area contributed by atoms with E-state index in [-0.39, 0.29) is 11.4 Å². The molecular weight excluding hydrogens is 326 g/mol. The van der Waals surface area contributed by atoms with E-state index < -0.39 is 17.5 Å². The minimum absolute atomic E-state index is 0.0122. The van der Waals surface area contributed by atoms with Gasteiger partial charge in [0.1, 0.15) is 23.1 Å². The lowest BCUT2D eigenvalue weighted by molar-refractivity contribution is 0.102. The van der Waals surface area contributed by atoms with Crippen LogP contribution < -0.4 is 10.6 Å². The third-order valence-corrected chi connectivity index (χ3v) is 3.39. The maximum atomic E-state index is 13.6. The van der Waals surface area contributed by atoms with Crippen LogP contribution in [-0.4, -0.2) is 15.9 Å². The van der Waals surface area contributed by atoms with Gasteiger partial charge in [0.05, 0.1) is 18.1 Å². The quantitative estimate of drug-likeness (QED) is 0.752. The predicted molar refractivity (Wildman–Crippen MR) is 90.8 cm³/mol. The number of hydrogen-bond donors (Lipinski definition) is 2. The average Bonchev–Trinajstić information content (AvgIpc) is 2.60. The van der Waals surface area contributed by atoms with Crippen LogP contribution in [-0.2, 0) is 0 Å². The minimum Gasteiger partial charge on any atom is -0.339 e. The molecule has 3 aromatic rings. The molecule has 7 heteroatoms. The highest BCUT2D eigenvalue weighted by molar-refractivity contribution is 6.02. The molecule has 0 saturated carbocycles. The number of hydrogen-bond acceptors (Lipinski definition) is 4. The molecule has 126 valence electrons. The molecule has 1 aromatic heterocycles. The molecule has 0 fully saturated rings. The molecule has 0 atom stereocenters. The second kappa shape index (κ2) is 7.04. The maximum Gasteiger partial charge on any atom is 0.275 e. The number of carbonyl (C=O) groups excluding carboxylic acids is 1. The molecule has 5 nitrogen and oxygen atoms in total. The third kappa shape index (κ3) is 4.14. The summed E-state index contributed by atoms with van der Waals surface area (Å²) in [6.45, 7) is 1.99. The smallest absolute Gasteiger partial charge is 0.275 e. The topological polar surface area (TPSA) is 66.9 Å². The number of carbonyl (C=O) groups is 1. The van der Waals surface area contributed by atoms with Gasteiger partial charge in [0.2, 0.25) is 0 Å². The van der Waals surface area contributed by atoms with Crippen LogP contribution in [0, 0.1) is 18.6 Å². The van der Waals surface area contributed by atoms with Gasteiger partial charge in [0.15, 0.2) is 0 Å². The highest BCUT2D eigenvalue weighted by atomic mass is 19.1. The van der Waals surface area contributed by atoms with Crippen molar-refractivity contribution in [1.29, 1.82) is 0 Å². The predicted octanol–water partition coefficient (Wildman–Crippen LogP) is 4.06. The monoisotopic (exact) mass is 340 g/mol. The highest BCUT2D eigenvalue weighted by Crippen LogP contribution is 2.17. The zero-order valence-corrected chi connectivity index (χ0v) is 13.3. The van der Waals surface area contributed by atoms with Gasteiger partial charge >= 0.3 is 0 Å². The van der Waals surface area contributed by atoms with Crippen LogP contribution in [0.2, 0.25) is 0 Å². The minimum atomic E-state index is -0.862. The van der Waals surface area contributed by atoms with E-state index in [2.05, 4.69) is 20.6 Å². The molecule has 0 aliphatic rings. The fourth-order valence-electron chi connectivity index (χ4n) is 2.07. The van der Waals surface area contributed by atoms with E-state index in [0.29, 0.717) is 11.9 Å². The van der Waals surface area contributed by atoms with Gasteiger partial charge in [-0.15, -0.1) is 0 Å². The van der Waals surface area contributed by atoms with E-state index in [4.69, 9.17) is 0 Å². The molecule has 1 heterocycles. The van der Waals surface area contributed by atoms with Crippen molar-refractivity contribution in [2.75, 3.05) is 10.6 Å².